The zero-order valence-corrected chi connectivity index (χ0v) is 14.1. The molecule has 0 atom stereocenters. The predicted octanol–water partition coefficient (Wildman–Crippen LogP) is 2.98. The minimum atomic E-state index is -4.81. The van der Waals surface area contributed by atoms with Gasteiger partial charge in [-0.25, -0.2) is 4.79 Å². The number of carboxylic acids is 1. The number of aryl methyl sites for hydroxylation is 1. The summed E-state index contributed by atoms with van der Waals surface area (Å²) in [6.45, 7) is 0. The van der Waals surface area contributed by atoms with Gasteiger partial charge in [-0.15, -0.1) is 13.2 Å². The number of benzene rings is 1. The molecule has 2 rings (SSSR count). The van der Waals surface area contributed by atoms with Crippen molar-refractivity contribution in [3.63, 3.8) is 0 Å². The normalized spacial score (nSPS) is 16.9. The highest BCUT2D eigenvalue weighted by Crippen LogP contribution is 2.29. The second-order valence-electron chi connectivity index (χ2n) is 5.70. The van der Waals surface area contributed by atoms with E-state index < -0.39 is 23.8 Å². The van der Waals surface area contributed by atoms with E-state index in [-0.39, 0.29) is 24.2 Å². The fourth-order valence-corrected chi connectivity index (χ4v) is 3.81. The van der Waals surface area contributed by atoms with Crippen molar-refractivity contribution in [2.24, 2.45) is 0 Å². The van der Waals surface area contributed by atoms with Gasteiger partial charge in [0.25, 0.3) is 0 Å². The molecular formula is C16H18F3NO4S. The molecule has 1 saturated heterocycles. The Morgan fingerprint density at radius 2 is 1.88 bits per heavy atom. The van der Waals surface area contributed by atoms with E-state index in [0.717, 1.165) is 0 Å². The van der Waals surface area contributed by atoms with Gasteiger partial charge in [0.1, 0.15) is 11.3 Å². The summed E-state index contributed by atoms with van der Waals surface area (Å²) < 4.78 is 41.1. The molecule has 0 unspecified atom stereocenters. The molecular weight excluding hydrogens is 359 g/mol. The van der Waals surface area contributed by atoms with Crippen LogP contribution in [0.15, 0.2) is 24.3 Å². The fourth-order valence-electron chi connectivity index (χ4n) is 2.62. The van der Waals surface area contributed by atoms with Crippen molar-refractivity contribution >= 4 is 23.6 Å². The van der Waals surface area contributed by atoms with Crippen LogP contribution in [0.5, 0.6) is 5.75 Å². The number of para-hydroxylation sites is 1. The molecule has 1 heterocycles. The third-order valence-electron chi connectivity index (χ3n) is 3.95. The molecule has 9 heteroatoms. The van der Waals surface area contributed by atoms with Crippen LogP contribution in [0.2, 0.25) is 0 Å². The minimum absolute atomic E-state index is 0.0164. The molecule has 1 aliphatic rings. The van der Waals surface area contributed by atoms with E-state index >= 15 is 0 Å². The third kappa shape index (κ3) is 5.55. The predicted molar refractivity (Wildman–Crippen MR) is 86.5 cm³/mol. The van der Waals surface area contributed by atoms with Crippen LogP contribution in [0, 0.1) is 0 Å². The van der Waals surface area contributed by atoms with Crippen molar-refractivity contribution < 1.29 is 32.6 Å². The second-order valence-corrected chi connectivity index (χ2v) is 6.93. The van der Waals surface area contributed by atoms with E-state index in [1.807, 2.05) is 0 Å². The number of hydrogen-bond donors (Lipinski definition) is 2. The van der Waals surface area contributed by atoms with Crippen LogP contribution < -0.4 is 10.1 Å². The summed E-state index contributed by atoms with van der Waals surface area (Å²) in [5.74, 6) is -0.674. The third-order valence-corrected chi connectivity index (χ3v) is 4.94. The van der Waals surface area contributed by atoms with Crippen molar-refractivity contribution in [1.29, 1.82) is 0 Å². The van der Waals surface area contributed by atoms with Gasteiger partial charge >= 0.3 is 12.3 Å². The molecule has 0 bridgehead atoms. The number of amides is 1. The number of halogens is 3. The van der Waals surface area contributed by atoms with Crippen molar-refractivity contribution in [2.45, 2.75) is 37.6 Å². The molecule has 0 saturated carbocycles. The van der Waals surface area contributed by atoms with Crippen LogP contribution in [-0.2, 0) is 16.0 Å². The number of nitrogens with one attached hydrogen (secondary N) is 1. The summed E-state index contributed by atoms with van der Waals surface area (Å²) in [5.41, 5.74) is -1.05. The van der Waals surface area contributed by atoms with Gasteiger partial charge < -0.3 is 15.2 Å². The molecule has 0 radical (unpaired) electrons. The molecule has 0 spiro atoms. The summed E-state index contributed by atoms with van der Waals surface area (Å²) in [7, 11) is 0. The number of thioether (sulfide) groups is 1. The number of hydrogen-bond acceptors (Lipinski definition) is 4. The van der Waals surface area contributed by atoms with Crippen LogP contribution >= 0.6 is 11.8 Å². The Kier molecular flexibility index (Phi) is 6.21. The summed E-state index contributed by atoms with van der Waals surface area (Å²) >= 11 is 1.62. The maximum atomic E-state index is 12.4. The average Bonchev–Trinajstić information content (AvgIpc) is 2.53. The molecule has 5 nitrogen and oxygen atoms in total. The number of ether oxygens (including phenoxy) is 1. The molecule has 0 aromatic heterocycles. The van der Waals surface area contributed by atoms with Crippen LogP contribution in [0.3, 0.4) is 0 Å². The topological polar surface area (TPSA) is 75.6 Å². The van der Waals surface area contributed by atoms with E-state index in [4.69, 9.17) is 0 Å². The van der Waals surface area contributed by atoms with Crippen LogP contribution in [0.1, 0.15) is 24.8 Å². The van der Waals surface area contributed by atoms with Gasteiger partial charge in [0, 0.05) is 6.42 Å². The van der Waals surface area contributed by atoms with Crippen molar-refractivity contribution in [3.8, 4) is 5.75 Å². The number of carbonyl (C=O) groups excluding carboxylic acids is 1. The van der Waals surface area contributed by atoms with E-state index in [1.165, 1.54) is 18.2 Å². The van der Waals surface area contributed by atoms with Gasteiger partial charge in [-0.3, -0.25) is 4.79 Å². The molecule has 138 valence electrons. The lowest BCUT2D eigenvalue weighted by Gasteiger charge is -2.33. The molecule has 2 N–H and O–H groups in total. The first-order valence-corrected chi connectivity index (χ1v) is 8.83. The molecule has 1 fully saturated rings. The zero-order chi connectivity index (χ0) is 18.5. The first-order chi connectivity index (χ1) is 11.7. The Balaban J connectivity index is 1.99. The van der Waals surface area contributed by atoms with Gasteiger partial charge in [-0.05, 0) is 42.4 Å². The van der Waals surface area contributed by atoms with E-state index in [9.17, 15) is 27.9 Å². The van der Waals surface area contributed by atoms with Gasteiger partial charge in [-0.1, -0.05) is 18.2 Å². The zero-order valence-electron chi connectivity index (χ0n) is 13.3. The molecule has 1 aromatic carbocycles. The minimum Gasteiger partial charge on any atom is -0.480 e. The van der Waals surface area contributed by atoms with Crippen LogP contribution in [-0.4, -0.2) is 40.4 Å². The number of rotatable bonds is 6. The average molecular weight is 377 g/mol. The number of alkyl halides is 3. The van der Waals surface area contributed by atoms with Gasteiger partial charge in [-0.2, -0.15) is 11.8 Å². The smallest absolute Gasteiger partial charge is 0.480 e. The summed E-state index contributed by atoms with van der Waals surface area (Å²) in [6, 6.07) is 5.58. The lowest BCUT2D eigenvalue weighted by Crippen LogP contribution is -2.56. The Morgan fingerprint density at radius 1 is 1.24 bits per heavy atom. The van der Waals surface area contributed by atoms with Gasteiger partial charge in [0.15, 0.2) is 0 Å². The summed E-state index contributed by atoms with van der Waals surface area (Å²) in [4.78, 5) is 23.7. The van der Waals surface area contributed by atoms with Crippen molar-refractivity contribution in [1.82, 2.24) is 5.32 Å². The highest BCUT2D eigenvalue weighted by atomic mass is 32.2. The van der Waals surface area contributed by atoms with E-state index in [1.54, 1.807) is 17.8 Å². The lowest BCUT2D eigenvalue weighted by atomic mass is 9.92. The van der Waals surface area contributed by atoms with Gasteiger partial charge in [0.05, 0.1) is 0 Å². The maximum absolute atomic E-state index is 12.4. The molecule has 1 aromatic rings. The molecule has 25 heavy (non-hydrogen) atoms. The largest absolute Gasteiger partial charge is 0.573 e. The Bertz CT molecular complexity index is 630. The monoisotopic (exact) mass is 377 g/mol. The standard InChI is InChI=1S/C16H18F3NO4S/c17-16(18,19)24-12-4-2-1-3-11(12)5-6-13(21)20-15(14(22)23)7-9-25-10-8-15/h1-4H,5-10H2,(H,20,21)(H,22,23). The molecule has 0 aliphatic carbocycles. The SMILES string of the molecule is O=C(CCc1ccccc1OC(F)(F)F)NC1(C(=O)O)CCSCC1. The van der Waals surface area contributed by atoms with Crippen LogP contribution in [0.25, 0.3) is 0 Å². The highest BCUT2D eigenvalue weighted by molar-refractivity contribution is 7.99. The maximum Gasteiger partial charge on any atom is 0.573 e. The first kappa shape index (κ1) is 19.4. The molecule has 1 amide bonds. The number of carboxylic acid groups (broad SMARTS) is 1. The summed E-state index contributed by atoms with van der Waals surface area (Å²) in [6.07, 6.45) is -4.27. The molecule has 1 aliphatic heterocycles. The summed E-state index contributed by atoms with van der Waals surface area (Å²) in [5, 5.41) is 12.0. The fraction of sp³-hybridized carbons (Fsp3) is 0.500. The Hall–Kier alpha value is -1.90. The van der Waals surface area contributed by atoms with Crippen molar-refractivity contribution in [3.05, 3.63) is 29.8 Å². The van der Waals surface area contributed by atoms with E-state index in [0.29, 0.717) is 24.3 Å². The second kappa shape index (κ2) is 7.99. The lowest BCUT2D eigenvalue weighted by molar-refractivity contribution is -0.274. The van der Waals surface area contributed by atoms with Crippen molar-refractivity contribution in [2.75, 3.05) is 11.5 Å². The Labute approximate surface area is 146 Å². The first-order valence-electron chi connectivity index (χ1n) is 7.68. The van der Waals surface area contributed by atoms with E-state index in [2.05, 4.69) is 10.1 Å². The Morgan fingerprint density at radius 3 is 2.48 bits per heavy atom. The van der Waals surface area contributed by atoms with Gasteiger partial charge in [0.2, 0.25) is 5.91 Å². The number of aliphatic carboxylic acids is 1. The number of carbonyl (C=O) groups is 2. The quantitative estimate of drug-likeness (QED) is 0.797. The van der Waals surface area contributed by atoms with Crippen LogP contribution in [0.4, 0.5) is 13.2 Å². The highest BCUT2D eigenvalue weighted by Gasteiger charge is 2.41.